The van der Waals surface area contributed by atoms with E-state index < -0.39 is 148 Å². The van der Waals surface area contributed by atoms with Crippen LogP contribution in [-0.4, -0.2) is 115 Å². The molecule has 14 heteroatoms. The second kappa shape index (κ2) is 14.7. The summed E-state index contributed by atoms with van der Waals surface area (Å²) in [4.78, 5) is 44.9. The number of nitrogens with one attached hydrogen (secondary N) is 2. The smallest absolute Gasteiger partial charge is 0.410 e. The Labute approximate surface area is 337 Å². The number of aromatic amines is 2. The summed E-state index contributed by atoms with van der Waals surface area (Å²) in [6.07, 6.45) is -11.4. The number of fused-ring (bicyclic) bond motifs is 2. The number of carbonyl (C=O) groups is 2. The zero-order chi connectivity index (χ0) is 62.6. The number of nitrogens with zero attached hydrogens (tertiary/aromatic N) is 8. The van der Waals surface area contributed by atoms with Crippen LogP contribution in [0.2, 0.25) is 0 Å². The maximum atomic E-state index is 13.3. The van der Waals surface area contributed by atoms with Gasteiger partial charge in [0.1, 0.15) is 49.5 Å². The largest absolute Gasteiger partial charge is 0.444 e. The molecule has 0 aromatic carbocycles. The van der Waals surface area contributed by atoms with E-state index in [1.807, 2.05) is 0 Å². The molecule has 2 saturated heterocycles. The first-order valence-corrected chi connectivity index (χ1v) is 14.5. The van der Waals surface area contributed by atoms with Gasteiger partial charge in [0.2, 0.25) is 0 Å². The zero-order valence-corrected chi connectivity index (χ0v) is 27.5. The Morgan fingerprint density at radius 2 is 1.22 bits per heavy atom. The number of piperidine rings is 2. The van der Waals surface area contributed by atoms with E-state index in [1.54, 1.807) is 0 Å². The summed E-state index contributed by atoms with van der Waals surface area (Å²) in [5.41, 5.74) is -3.27. The van der Waals surface area contributed by atoms with Crippen molar-refractivity contribution in [3.05, 3.63) is 37.1 Å². The molecule has 0 bridgehead atoms. The summed E-state index contributed by atoms with van der Waals surface area (Å²) in [5, 5.41) is -0.555. The van der Waals surface area contributed by atoms with Crippen molar-refractivity contribution < 1.29 is 60.2 Å². The summed E-state index contributed by atoms with van der Waals surface area (Å²) < 4.78 is 264. The molecular weight excluding hydrogens is 636 g/mol. The average molecular weight is 721 g/mol. The highest BCUT2D eigenvalue weighted by Crippen LogP contribution is 2.31. The summed E-state index contributed by atoms with van der Waals surface area (Å²) >= 11 is 0. The lowest BCUT2D eigenvalue weighted by Gasteiger charge is -2.42. The molecular formula is C36H54N10O4. The van der Waals surface area contributed by atoms with Crippen molar-refractivity contribution in [2.24, 2.45) is 11.8 Å². The molecule has 4 atom stereocenters. The normalized spacial score (nSPS) is 43.2. The number of H-pyrrole nitrogens is 2. The van der Waals surface area contributed by atoms with Crippen LogP contribution >= 0.6 is 0 Å². The van der Waals surface area contributed by atoms with Crippen molar-refractivity contribution >= 4 is 45.9 Å². The Morgan fingerprint density at radius 1 is 0.800 bits per heavy atom. The second-order valence-corrected chi connectivity index (χ2v) is 12.2. The highest BCUT2D eigenvalue weighted by atomic mass is 16.6. The highest BCUT2D eigenvalue weighted by Gasteiger charge is 2.36. The summed E-state index contributed by atoms with van der Waals surface area (Å²) in [7, 11) is 0. The van der Waals surface area contributed by atoms with Crippen molar-refractivity contribution in [3.8, 4) is 0 Å². The first kappa shape index (κ1) is 14.2. The molecule has 0 aliphatic carbocycles. The maximum Gasteiger partial charge on any atom is 0.410 e. The van der Waals surface area contributed by atoms with Crippen LogP contribution in [0.3, 0.4) is 0 Å². The van der Waals surface area contributed by atoms with E-state index in [1.165, 1.54) is 53.9 Å². The maximum absolute atomic E-state index is 13.3. The van der Waals surface area contributed by atoms with Gasteiger partial charge < -0.3 is 39.0 Å². The third kappa shape index (κ3) is 8.56. The van der Waals surface area contributed by atoms with Crippen LogP contribution < -0.4 is 9.80 Å². The van der Waals surface area contributed by atoms with E-state index in [0.29, 0.717) is 0 Å². The molecule has 4 aromatic heterocycles. The van der Waals surface area contributed by atoms with Gasteiger partial charge in [-0.3, -0.25) is 0 Å². The molecule has 50 heavy (non-hydrogen) atoms. The van der Waals surface area contributed by atoms with Crippen molar-refractivity contribution in [1.29, 1.82) is 0 Å². The molecule has 6 rings (SSSR count). The molecule has 2 amide bonds. The van der Waals surface area contributed by atoms with Crippen LogP contribution in [0.1, 0.15) is 109 Å². The van der Waals surface area contributed by atoms with Gasteiger partial charge in [-0.25, -0.2) is 29.5 Å². The third-order valence-corrected chi connectivity index (χ3v) is 6.08. The molecule has 0 spiro atoms. The number of carbonyl (C=O) groups excluding carboxylic acids is 2. The number of hydrogen-bond donors (Lipinski definition) is 2. The van der Waals surface area contributed by atoms with E-state index >= 15 is 0 Å². The van der Waals surface area contributed by atoms with Gasteiger partial charge in [0.05, 0.1) is 31.0 Å². The lowest BCUT2D eigenvalue weighted by molar-refractivity contribution is 0.0155. The number of ether oxygens (including phenoxy) is 2. The van der Waals surface area contributed by atoms with Gasteiger partial charge in [-0.05, 0) is 78.2 Å². The Morgan fingerprint density at radius 3 is 1.58 bits per heavy atom. The summed E-state index contributed by atoms with van der Waals surface area (Å²) in [5.74, 6) is -10.5. The monoisotopic (exact) mass is 721 g/mol. The molecule has 2 unspecified atom stereocenters. The Hall–Kier alpha value is -4.62. The Kier molecular flexibility index (Phi) is 4.17. The Balaban J connectivity index is 0.000000294. The summed E-state index contributed by atoms with van der Waals surface area (Å²) in [6.45, 7) is -24.2. The fraction of sp³-hybridized carbons (Fsp3) is 0.611. The van der Waals surface area contributed by atoms with Crippen LogP contribution in [0.5, 0.6) is 0 Å². The predicted molar refractivity (Wildman–Crippen MR) is 195 cm³/mol. The molecule has 0 saturated carbocycles. The van der Waals surface area contributed by atoms with Crippen LogP contribution in [0.25, 0.3) is 22.1 Å². The SMILES string of the molecule is [2H]c1nc(N(C([2H])([2H])[2H])C2([2H])C([2H])([2H])N(C(=O)OC(C)(C)C)C([2H])([2H])C([2H])([2H])C2([2H])C([2H])([2H])[2H])c2cc[nH]c2n1.[2H]c1nc(N(C([2H])([2H])[2H])[C@@]2([2H])C([2H])([2H])N(C(=O)OC(C)(C)C)C([2H])([2H])C([2H])([2H])[C@@]2([2H])C([2H])([2H])[2H])c2cc[nH]c2n1. The van der Waals surface area contributed by atoms with E-state index in [-0.39, 0.29) is 31.9 Å². The van der Waals surface area contributed by atoms with Gasteiger partial charge in [0.15, 0.2) is 0 Å². The molecule has 4 aromatic rings. The zero-order valence-electron chi connectivity index (χ0n) is 57.5. The number of rotatable bonds is 4. The van der Waals surface area contributed by atoms with E-state index in [4.69, 9.17) is 47.9 Å². The van der Waals surface area contributed by atoms with Crippen molar-refractivity contribution in [1.82, 2.24) is 39.7 Å². The quantitative estimate of drug-likeness (QED) is 0.254. The number of amides is 2. The molecule has 2 aliphatic rings. The average Bonchev–Trinajstić information content (AvgIpc) is 3.88. The van der Waals surface area contributed by atoms with Gasteiger partial charge in [-0.1, -0.05) is 13.7 Å². The van der Waals surface area contributed by atoms with Crippen molar-refractivity contribution in [2.45, 2.75) is 91.2 Å². The molecule has 6 heterocycles. The highest BCUT2D eigenvalue weighted by molar-refractivity contribution is 5.88. The van der Waals surface area contributed by atoms with Crippen LogP contribution in [0.15, 0.2) is 37.1 Å². The number of anilines is 2. The van der Waals surface area contributed by atoms with Crippen LogP contribution in [-0.2, 0) is 9.47 Å². The van der Waals surface area contributed by atoms with Gasteiger partial charge in [0.25, 0.3) is 0 Å². The molecule has 2 fully saturated rings. The number of likely N-dealkylation sites (tertiary alicyclic amines) is 2. The van der Waals surface area contributed by atoms with Gasteiger partial charge >= 0.3 is 12.2 Å². The minimum Gasteiger partial charge on any atom is -0.444 e. The van der Waals surface area contributed by atoms with E-state index in [2.05, 4.69) is 29.9 Å². The minimum atomic E-state index is -4.29. The fourth-order valence-electron chi connectivity index (χ4n) is 4.03. The van der Waals surface area contributed by atoms with Gasteiger partial charge in [-0.15, -0.1) is 0 Å². The summed E-state index contributed by atoms with van der Waals surface area (Å²) in [6, 6.07) is -6.14. The first-order valence-electron chi connectivity index (χ1n) is 29.5. The van der Waals surface area contributed by atoms with Crippen molar-refractivity contribution in [2.75, 3.05) is 49.7 Å². The first-order chi connectivity index (χ1) is 35.2. The molecule has 272 valence electrons. The Bertz CT molecular complexity index is 2830. The third-order valence-electron chi connectivity index (χ3n) is 6.08. The number of hydrogen-bond acceptors (Lipinski definition) is 10. The predicted octanol–water partition coefficient (Wildman–Crippen LogP) is 6.08. The molecule has 2 aliphatic heterocycles. The minimum absolute atomic E-state index is 0.198. The van der Waals surface area contributed by atoms with E-state index in [9.17, 15) is 12.3 Å². The standard InChI is InChI=1S/2C18H27N5O2/c2*1-12-7-9-23(17(24)25-18(2,3)4)10-14(12)22(5)16-13-6-8-19-15(13)20-11-21-16/h2*6,8,11-12,14H,7,9-10H2,1-5H3,(H,19,20,21)/t12-,14+;/m1./s1/i2*1D3,5D3,7D2,9D2,10D2,11D,12D,14D. The number of aromatic nitrogens is 6. The molecule has 14 nitrogen and oxygen atoms in total. The molecule has 2 N–H and O–H groups in total. The van der Waals surface area contributed by atoms with Gasteiger partial charge in [0, 0.05) is 82.5 Å². The number of likely N-dealkylation sites (N-methyl/N-ethyl adjacent to an activating group) is 2. The van der Waals surface area contributed by atoms with Crippen molar-refractivity contribution in [3.63, 3.8) is 0 Å². The van der Waals surface area contributed by atoms with E-state index in [0.717, 1.165) is 12.1 Å². The second-order valence-electron chi connectivity index (χ2n) is 12.2. The van der Waals surface area contributed by atoms with Crippen LogP contribution in [0.4, 0.5) is 21.2 Å². The topological polar surface area (TPSA) is 149 Å². The fourth-order valence-corrected chi connectivity index (χ4v) is 4.03. The van der Waals surface area contributed by atoms with Crippen LogP contribution in [0, 0.1) is 11.8 Å². The lowest BCUT2D eigenvalue weighted by atomic mass is 9.92. The van der Waals surface area contributed by atoms with Gasteiger partial charge in [-0.2, -0.15) is 0 Å². The lowest BCUT2D eigenvalue weighted by Crippen LogP contribution is -2.53. The molecule has 0 radical (unpaired) electrons.